The molecule has 1 amide bonds. The van der Waals surface area contributed by atoms with Crippen LogP contribution in [-0.4, -0.2) is 140 Å². The predicted octanol–water partition coefficient (Wildman–Crippen LogP) is 11.2. The predicted molar refractivity (Wildman–Crippen MR) is 305 cm³/mol. The highest BCUT2D eigenvalue weighted by Gasteiger charge is 2.51. The third-order valence-electron chi connectivity index (χ3n) is 15.6. The average molecular weight is 1080 g/mol. The number of aliphatic hydroxyl groups excluding tert-OH is 8. The molecule has 0 aromatic heterocycles. The van der Waals surface area contributed by atoms with Crippen LogP contribution in [0.25, 0.3) is 0 Å². The first-order chi connectivity index (χ1) is 37.1. The van der Waals surface area contributed by atoms with Crippen molar-refractivity contribution in [1.29, 1.82) is 0 Å². The maximum atomic E-state index is 13.3. The van der Waals surface area contributed by atoms with Gasteiger partial charge < -0.3 is 65.1 Å². The lowest BCUT2D eigenvalue weighted by atomic mass is 9.97. The minimum absolute atomic E-state index is 0.236. The van der Waals surface area contributed by atoms with Gasteiger partial charge in [-0.15, -0.1) is 0 Å². The largest absolute Gasteiger partial charge is 0.394 e. The first kappa shape index (κ1) is 70.6. The minimum atomic E-state index is -1.79. The molecule has 2 aliphatic heterocycles. The molecule has 0 spiro atoms. The molecule has 2 saturated heterocycles. The van der Waals surface area contributed by atoms with E-state index in [1.54, 1.807) is 6.08 Å². The zero-order chi connectivity index (χ0) is 55.3. The zero-order valence-corrected chi connectivity index (χ0v) is 48.3. The summed E-state index contributed by atoms with van der Waals surface area (Å²) in [6, 6.07) is -0.912. The van der Waals surface area contributed by atoms with Crippen molar-refractivity contribution in [1.82, 2.24) is 5.32 Å². The molecule has 0 saturated carbocycles. The summed E-state index contributed by atoms with van der Waals surface area (Å²) in [6.45, 7) is 2.83. The van der Waals surface area contributed by atoms with Crippen LogP contribution in [0, 0.1) is 0 Å². The summed E-state index contributed by atoms with van der Waals surface area (Å²) in [5, 5.41) is 87.2. The van der Waals surface area contributed by atoms with Gasteiger partial charge in [0.15, 0.2) is 12.6 Å². The van der Waals surface area contributed by atoms with Crippen LogP contribution < -0.4 is 5.32 Å². The lowest BCUT2D eigenvalue weighted by Crippen LogP contribution is -2.65. The van der Waals surface area contributed by atoms with Gasteiger partial charge in [0.25, 0.3) is 0 Å². The Kier molecular flexibility index (Phi) is 44.8. The van der Waals surface area contributed by atoms with Gasteiger partial charge in [-0.25, -0.2) is 0 Å². The summed E-state index contributed by atoms with van der Waals surface area (Å²) < 4.78 is 22.8. The van der Waals surface area contributed by atoms with E-state index >= 15 is 0 Å². The van der Waals surface area contributed by atoms with Gasteiger partial charge in [0.2, 0.25) is 5.91 Å². The molecule has 0 bridgehead atoms. The van der Waals surface area contributed by atoms with Crippen molar-refractivity contribution in [3.05, 3.63) is 24.3 Å². The Labute approximate surface area is 462 Å². The Morgan fingerprint density at radius 2 is 0.829 bits per heavy atom. The summed E-state index contributed by atoms with van der Waals surface area (Å²) in [4.78, 5) is 13.3. The van der Waals surface area contributed by atoms with Crippen molar-refractivity contribution >= 4 is 5.91 Å². The number of allylic oxidation sites excluding steroid dienone is 3. The highest BCUT2D eigenvalue weighted by atomic mass is 16.7. The molecule has 76 heavy (non-hydrogen) atoms. The van der Waals surface area contributed by atoms with Gasteiger partial charge in [-0.3, -0.25) is 4.79 Å². The van der Waals surface area contributed by atoms with E-state index < -0.39 is 86.8 Å². The van der Waals surface area contributed by atoms with E-state index in [-0.39, 0.29) is 18.9 Å². The Hall–Kier alpha value is -1.53. The Balaban J connectivity index is 1.72. The van der Waals surface area contributed by atoms with E-state index in [0.29, 0.717) is 6.42 Å². The Morgan fingerprint density at radius 1 is 0.461 bits per heavy atom. The smallest absolute Gasteiger partial charge is 0.220 e. The number of ether oxygens (including phenoxy) is 4. The molecule has 2 fully saturated rings. The highest BCUT2D eigenvalue weighted by molar-refractivity contribution is 5.76. The number of unbranched alkanes of at least 4 members (excludes halogenated alkanes) is 36. The molecule has 14 heteroatoms. The molecule has 14 nitrogen and oxygen atoms in total. The zero-order valence-electron chi connectivity index (χ0n) is 48.3. The van der Waals surface area contributed by atoms with Gasteiger partial charge in [-0.05, 0) is 44.9 Å². The van der Waals surface area contributed by atoms with E-state index in [2.05, 4.69) is 31.3 Å². The van der Waals surface area contributed by atoms with Crippen molar-refractivity contribution in [2.24, 2.45) is 0 Å². The molecule has 0 aromatic rings. The number of nitrogens with one attached hydrogen (secondary N) is 1. The average Bonchev–Trinajstić information content (AvgIpc) is 3.42. The lowest BCUT2D eigenvalue weighted by molar-refractivity contribution is -0.359. The molecular formula is C62H117NO13. The monoisotopic (exact) mass is 1080 g/mol. The summed E-state index contributed by atoms with van der Waals surface area (Å²) in [7, 11) is 0. The molecular weight excluding hydrogens is 967 g/mol. The second-order valence-corrected chi connectivity index (χ2v) is 22.5. The summed E-state index contributed by atoms with van der Waals surface area (Å²) >= 11 is 0. The molecule has 12 unspecified atom stereocenters. The van der Waals surface area contributed by atoms with E-state index in [4.69, 9.17) is 18.9 Å². The van der Waals surface area contributed by atoms with Crippen LogP contribution in [0.5, 0.6) is 0 Å². The second-order valence-electron chi connectivity index (χ2n) is 22.5. The van der Waals surface area contributed by atoms with Crippen molar-refractivity contribution in [2.45, 2.75) is 344 Å². The maximum Gasteiger partial charge on any atom is 0.220 e. The lowest BCUT2D eigenvalue weighted by Gasteiger charge is -2.46. The molecule has 2 rings (SSSR count). The van der Waals surface area contributed by atoms with Crippen molar-refractivity contribution in [3.63, 3.8) is 0 Å². The van der Waals surface area contributed by atoms with Gasteiger partial charge in [0, 0.05) is 6.42 Å². The normalized spacial score (nSPS) is 25.0. The van der Waals surface area contributed by atoms with Gasteiger partial charge in [0.1, 0.15) is 48.8 Å². The van der Waals surface area contributed by atoms with Crippen molar-refractivity contribution < 1.29 is 64.6 Å². The molecule has 9 N–H and O–H groups in total. The van der Waals surface area contributed by atoms with Crippen LogP contribution in [-0.2, 0) is 23.7 Å². The second kappa shape index (κ2) is 48.2. The number of carbonyl (C=O) groups is 1. The summed E-state index contributed by atoms with van der Waals surface area (Å²) in [6.07, 6.45) is 40.7. The molecule has 12 atom stereocenters. The Bertz CT molecular complexity index is 1370. The van der Waals surface area contributed by atoms with Crippen LogP contribution in [0.4, 0.5) is 0 Å². The third-order valence-corrected chi connectivity index (χ3v) is 15.6. The SMILES string of the molecule is CCCCCCCCCC/C=C\CCCCCCCCCCCCCCCC(=O)NC(COC1OC(CO)C(OC2OC(CO)C(O)C(O)C2O)C(O)C1O)C(O)/C=C/CCCCCCCCCCCCCCCCC. The molecule has 2 aliphatic rings. The number of carbonyl (C=O) groups excluding carboxylic acids is 1. The molecule has 0 aliphatic carbocycles. The summed E-state index contributed by atoms with van der Waals surface area (Å²) in [5.41, 5.74) is 0. The third kappa shape index (κ3) is 33.3. The quantitative estimate of drug-likeness (QED) is 0.0204. The number of rotatable bonds is 51. The van der Waals surface area contributed by atoms with Gasteiger partial charge in [0.05, 0.1) is 32.0 Å². The number of amides is 1. The van der Waals surface area contributed by atoms with Crippen LogP contribution in [0.15, 0.2) is 24.3 Å². The number of aliphatic hydroxyl groups is 8. The van der Waals surface area contributed by atoms with Crippen LogP contribution >= 0.6 is 0 Å². The first-order valence-electron chi connectivity index (χ1n) is 31.6. The van der Waals surface area contributed by atoms with Gasteiger partial charge in [-0.2, -0.15) is 0 Å². The molecule has 0 radical (unpaired) electrons. The van der Waals surface area contributed by atoms with Gasteiger partial charge >= 0.3 is 0 Å². The molecule has 448 valence electrons. The standard InChI is InChI=1S/C62H117NO13/c1-3-5-7-9-11-13-15-17-19-21-22-23-24-25-26-27-28-30-32-34-36-38-40-42-44-46-54(67)63-50(51(66)45-43-41-39-37-35-33-31-29-20-18-16-14-12-10-8-6-4-2)49-73-61-59(72)57(70)60(53(48-65)75-61)76-62-58(71)56(69)55(68)52(47-64)74-62/h21-22,43,45,50-53,55-62,64-66,68-72H,3-20,23-42,44,46-49H2,1-2H3,(H,63,67)/b22-21-,45-43+. The van der Waals surface area contributed by atoms with Crippen LogP contribution in [0.2, 0.25) is 0 Å². The Morgan fingerprint density at radius 3 is 1.25 bits per heavy atom. The van der Waals surface area contributed by atoms with E-state index in [9.17, 15) is 45.6 Å². The van der Waals surface area contributed by atoms with Crippen molar-refractivity contribution in [2.75, 3.05) is 19.8 Å². The number of hydrogen-bond donors (Lipinski definition) is 9. The van der Waals surface area contributed by atoms with Crippen LogP contribution in [0.3, 0.4) is 0 Å². The van der Waals surface area contributed by atoms with E-state index in [0.717, 1.165) is 38.5 Å². The first-order valence-corrected chi connectivity index (χ1v) is 31.6. The fourth-order valence-electron chi connectivity index (χ4n) is 10.5. The minimum Gasteiger partial charge on any atom is -0.394 e. The molecule has 0 aromatic carbocycles. The molecule has 2 heterocycles. The van der Waals surface area contributed by atoms with Crippen molar-refractivity contribution in [3.8, 4) is 0 Å². The van der Waals surface area contributed by atoms with E-state index in [1.165, 1.54) is 205 Å². The number of hydrogen-bond acceptors (Lipinski definition) is 13. The highest BCUT2D eigenvalue weighted by Crippen LogP contribution is 2.30. The maximum absolute atomic E-state index is 13.3. The fraction of sp³-hybridized carbons (Fsp3) is 0.919. The summed E-state index contributed by atoms with van der Waals surface area (Å²) in [5.74, 6) is -0.236. The topological polar surface area (TPSA) is 228 Å². The fourth-order valence-corrected chi connectivity index (χ4v) is 10.5. The van der Waals surface area contributed by atoms with Crippen LogP contribution in [0.1, 0.15) is 271 Å². The van der Waals surface area contributed by atoms with Gasteiger partial charge in [-0.1, -0.05) is 244 Å². The van der Waals surface area contributed by atoms with E-state index in [1.807, 2.05) is 6.08 Å².